The molecule has 33 heavy (non-hydrogen) atoms. The van der Waals surface area contributed by atoms with Crippen LogP contribution in [-0.2, 0) is 17.9 Å². The first-order chi connectivity index (χ1) is 15.9. The third kappa shape index (κ3) is 3.98. The average Bonchev–Trinajstić information content (AvgIpc) is 3.46. The molecule has 1 aliphatic heterocycles. The Morgan fingerprint density at radius 3 is 2.76 bits per heavy atom. The Kier molecular flexibility index (Phi) is 5.39. The van der Waals surface area contributed by atoms with Crippen LogP contribution in [-0.4, -0.2) is 21.8 Å². The Labute approximate surface area is 194 Å². The largest absolute Gasteiger partial charge is 0.454 e. The number of aromatic nitrogens is 2. The summed E-state index contributed by atoms with van der Waals surface area (Å²) in [6, 6.07) is 10.3. The van der Waals surface area contributed by atoms with Crippen molar-refractivity contribution in [2.75, 3.05) is 12.1 Å². The van der Waals surface area contributed by atoms with Crippen molar-refractivity contribution in [3.05, 3.63) is 85.1 Å². The molecule has 0 fully saturated rings. The number of amides is 1. The Bertz CT molecular complexity index is 1530. The van der Waals surface area contributed by atoms with Crippen LogP contribution in [0.1, 0.15) is 5.56 Å². The summed E-state index contributed by atoms with van der Waals surface area (Å²) in [7, 11) is 0. The van der Waals surface area contributed by atoms with Crippen molar-refractivity contribution in [1.29, 1.82) is 0 Å². The van der Waals surface area contributed by atoms with E-state index in [9.17, 15) is 18.8 Å². The molecule has 4 aromatic rings. The van der Waals surface area contributed by atoms with Gasteiger partial charge >= 0.3 is 5.69 Å². The van der Waals surface area contributed by atoms with E-state index in [0.717, 1.165) is 10.6 Å². The van der Waals surface area contributed by atoms with Crippen molar-refractivity contribution >= 4 is 44.7 Å². The third-order valence-corrected chi connectivity index (χ3v) is 6.34. The van der Waals surface area contributed by atoms with E-state index in [1.54, 1.807) is 29.6 Å². The van der Waals surface area contributed by atoms with Crippen LogP contribution in [0, 0.1) is 5.82 Å². The molecule has 1 aliphatic rings. The molecule has 0 radical (unpaired) electrons. The molecular formula is C22H15ClFN3O5S. The molecule has 0 aliphatic carbocycles. The zero-order valence-electron chi connectivity index (χ0n) is 16.8. The first-order valence-electron chi connectivity index (χ1n) is 9.75. The predicted molar refractivity (Wildman–Crippen MR) is 122 cm³/mol. The quantitative estimate of drug-likeness (QED) is 0.465. The number of carbonyl (C=O) groups is 1. The Balaban J connectivity index is 1.50. The number of ether oxygens (including phenoxy) is 2. The highest BCUT2D eigenvalue weighted by Crippen LogP contribution is 2.32. The number of hydrogen-bond acceptors (Lipinski definition) is 6. The van der Waals surface area contributed by atoms with Crippen LogP contribution in [0.3, 0.4) is 0 Å². The van der Waals surface area contributed by atoms with Crippen LogP contribution in [0.15, 0.2) is 57.4 Å². The Hall–Kier alpha value is -3.63. The summed E-state index contributed by atoms with van der Waals surface area (Å²) in [5.41, 5.74) is -0.00385. The summed E-state index contributed by atoms with van der Waals surface area (Å²) in [5, 5.41) is 4.34. The monoisotopic (exact) mass is 487 g/mol. The van der Waals surface area contributed by atoms with Gasteiger partial charge in [0, 0.05) is 0 Å². The highest BCUT2D eigenvalue weighted by Gasteiger charge is 2.19. The number of benzene rings is 2. The van der Waals surface area contributed by atoms with Gasteiger partial charge in [0.25, 0.3) is 5.56 Å². The second-order valence-corrected chi connectivity index (χ2v) is 8.58. The van der Waals surface area contributed by atoms with Crippen molar-refractivity contribution in [3.8, 4) is 11.5 Å². The molecule has 1 N–H and O–H groups in total. The normalized spacial score (nSPS) is 12.3. The van der Waals surface area contributed by atoms with Gasteiger partial charge in [0.15, 0.2) is 11.5 Å². The van der Waals surface area contributed by atoms with Gasteiger partial charge in [-0.1, -0.05) is 17.7 Å². The second-order valence-electron chi connectivity index (χ2n) is 7.25. The molecule has 0 spiro atoms. The standard InChI is InChI=1S/C22H15ClFN3O5S/c23-14-3-2-13(24)8-15(14)25-19(28)10-26-16-5-6-33-20(16)21(29)27(22(26)30)9-12-1-4-17-18(7-12)32-11-31-17/h1-8H,9-11H2,(H,25,28). The summed E-state index contributed by atoms with van der Waals surface area (Å²) in [4.78, 5) is 38.9. The van der Waals surface area contributed by atoms with Gasteiger partial charge in [0.1, 0.15) is 17.1 Å². The molecule has 2 aromatic heterocycles. The van der Waals surface area contributed by atoms with E-state index in [4.69, 9.17) is 21.1 Å². The number of nitrogens with one attached hydrogen (secondary N) is 1. The summed E-state index contributed by atoms with van der Waals surface area (Å²) in [6.45, 7) is -0.295. The molecule has 11 heteroatoms. The molecule has 5 rings (SSSR count). The molecular weight excluding hydrogens is 473 g/mol. The minimum atomic E-state index is -0.649. The predicted octanol–water partition coefficient (Wildman–Crippen LogP) is 3.43. The highest BCUT2D eigenvalue weighted by molar-refractivity contribution is 7.17. The molecule has 3 heterocycles. The number of anilines is 1. The maximum Gasteiger partial charge on any atom is 0.332 e. The first kappa shape index (κ1) is 21.2. The minimum absolute atomic E-state index is 0.0144. The molecule has 0 unspecified atom stereocenters. The fourth-order valence-electron chi connectivity index (χ4n) is 3.57. The van der Waals surface area contributed by atoms with E-state index >= 15 is 0 Å². The SMILES string of the molecule is O=C(Cn1c(=O)n(Cc2ccc3c(c2)OCO3)c(=O)c2sccc21)Nc1cc(F)ccc1Cl. The van der Waals surface area contributed by atoms with E-state index in [2.05, 4.69) is 5.32 Å². The van der Waals surface area contributed by atoms with Gasteiger partial charge in [-0.2, -0.15) is 0 Å². The number of thiophene rings is 1. The maximum absolute atomic E-state index is 13.5. The lowest BCUT2D eigenvalue weighted by Crippen LogP contribution is -2.41. The van der Waals surface area contributed by atoms with E-state index < -0.39 is 23.0 Å². The van der Waals surface area contributed by atoms with Crippen LogP contribution >= 0.6 is 22.9 Å². The van der Waals surface area contributed by atoms with E-state index in [-0.39, 0.29) is 30.6 Å². The average molecular weight is 488 g/mol. The molecule has 1 amide bonds. The molecule has 0 bridgehead atoms. The van der Waals surface area contributed by atoms with Crippen molar-refractivity contribution in [2.45, 2.75) is 13.1 Å². The zero-order chi connectivity index (χ0) is 23.1. The number of rotatable bonds is 5. The van der Waals surface area contributed by atoms with Crippen molar-refractivity contribution in [1.82, 2.24) is 9.13 Å². The fraction of sp³-hybridized carbons (Fsp3) is 0.136. The molecule has 168 valence electrons. The highest BCUT2D eigenvalue weighted by atomic mass is 35.5. The maximum atomic E-state index is 13.5. The van der Waals surface area contributed by atoms with E-state index in [0.29, 0.717) is 27.3 Å². The molecule has 8 nitrogen and oxygen atoms in total. The third-order valence-electron chi connectivity index (χ3n) is 5.12. The summed E-state index contributed by atoms with van der Waals surface area (Å²) < 4.78 is 26.8. The van der Waals surface area contributed by atoms with Gasteiger partial charge in [-0.3, -0.25) is 18.7 Å². The van der Waals surface area contributed by atoms with Crippen LogP contribution in [0.2, 0.25) is 5.02 Å². The zero-order valence-corrected chi connectivity index (χ0v) is 18.4. The van der Waals surface area contributed by atoms with Crippen LogP contribution in [0.25, 0.3) is 10.2 Å². The molecule has 0 atom stereocenters. The smallest absolute Gasteiger partial charge is 0.332 e. The second kappa shape index (κ2) is 8.38. The van der Waals surface area contributed by atoms with Gasteiger partial charge in [0.05, 0.1) is 22.8 Å². The number of fused-ring (bicyclic) bond motifs is 2. The fourth-order valence-corrected chi connectivity index (χ4v) is 4.58. The van der Waals surface area contributed by atoms with Crippen LogP contribution in [0.5, 0.6) is 11.5 Å². The molecule has 2 aromatic carbocycles. The lowest BCUT2D eigenvalue weighted by Gasteiger charge is -2.13. The van der Waals surface area contributed by atoms with Gasteiger partial charge in [-0.05, 0) is 47.3 Å². The Morgan fingerprint density at radius 2 is 1.91 bits per heavy atom. The van der Waals surface area contributed by atoms with E-state index in [1.807, 2.05) is 0 Å². The van der Waals surface area contributed by atoms with Gasteiger partial charge in [0.2, 0.25) is 12.7 Å². The first-order valence-corrected chi connectivity index (χ1v) is 11.0. The number of nitrogens with zero attached hydrogens (tertiary/aromatic N) is 2. The van der Waals surface area contributed by atoms with Gasteiger partial charge in [-0.15, -0.1) is 11.3 Å². The van der Waals surface area contributed by atoms with Crippen molar-refractivity contribution in [2.24, 2.45) is 0 Å². The van der Waals surface area contributed by atoms with Gasteiger partial charge in [-0.25, -0.2) is 9.18 Å². The molecule has 0 saturated carbocycles. The van der Waals surface area contributed by atoms with E-state index in [1.165, 1.54) is 28.0 Å². The van der Waals surface area contributed by atoms with Crippen molar-refractivity contribution in [3.63, 3.8) is 0 Å². The number of carbonyl (C=O) groups excluding carboxylic acids is 1. The summed E-state index contributed by atoms with van der Waals surface area (Å²) in [6.07, 6.45) is 0. The van der Waals surface area contributed by atoms with Crippen LogP contribution < -0.4 is 26.0 Å². The summed E-state index contributed by atoms with van der Waals surface area (Å²) in [5.74, 6) is -0.0379. The van der Waals surface area contributed by atoms with Crippen molar-refractivity contribution < 1.29 is 18.7 Å². The van der Waals surface area contributed by atoms with Gasteiger partial charge < -0.3 is 14.8 Å². The lowest BCUT2D eigenvalue weighted by atomic mass is 10.2. The minimum Gasteiger partial charge on any atom is -0.454 e. The number of hydrogen-bond donors (Lipinski definition) is 1. The van der Waals surface area contributed by atoms with Crippen LogP contribution in [0.4, 0.5) is 10.1 Å². The topological polar surface area (TPSA) is 91.6 Å². The molecule has 0 saturated heterocycles. The Morgan fingerprint density at radius 1 is 1.09 bits per heavy atom. The lowest BCUT2D eigenvalue weighted by molar-refractivity contribution is -0.116. The summed E-state index contributed by atoms with van der Waals surface area (Å²) >= 11 is 7.19. The number of halogens is 2.